The lowest BCUT2D eigenvalue weighted by molar-refractivity contribution is 0.0740. The van der Waals surface area contributed by atoms with E-state index in [1.165, 1.54) is 0 Å². The van der Waals surface area contributed by atoms with Crippen LogP contribution in [0.1, 0.15) is 32.1 Å². The van der Waals surface area contributed by atoms with Crippen LogP contribution < -0.4 is 0 Å². The molecule has 0 atom stereocenters. The Morgan fingerprint density at radius 2 is 1.31 bits per heavy atom. The summed E-state index contributed by atoms with van der Waals surface area (Å²) in [7, 11) is -9.63. The van der Waals surface area contributed by atoms with Crippen molar-refractivity contribution in [3.8, 4) is 0 Å². The van der Waals surface area contributed by atoms with E-state index in [0.29, 0.717) is 12.8 Å². The van der Waals surface area contributed by atoms with Crippen LogP contribution in [0.3, 0.4) is 0 Å². The van der Waals surface area contributed by atoms with E-state index in [0.717, 1.165) is 6.42 Å². The Balaban J connectivity index is 2.58. The Kier molecular flexibility index (Phi) is 2.12. The van der Waals surface area contributed by atoms with E-state index >= 15 is 0 Å². The molecule has 82 valence electrons. The van der Waals surface area contributed by atoms with E-state index in [4.69, 9.17) is 0 Å². The zero-order valence-corrected chi connectivity index (χ0v) is 7.64. The lowest BCUT2D eigenvalue weighted by atomic mass is 9.98. The van der Waals surface area contributed by atoms with Crippen molar-refractivity contribution >= 4 is 10.5 Å². The molecule has 0 spiro atoms. The van der Waals surface area contributed by atoms with Gasteiger partial charge in [-0.2, -0.15) is 0 Å². The third kappa shape index (κ3) is 5.30. The van der Waals surface area contributed by atoms with Gasteiger partial charge >= 0.3 is 10.5 Å². The van der Waals surface area contributed by atoms with Crippen molar-refractivity contribution < 1.29 is 23.6 Å². The smallest absolute Gasteiger partial charge is 0.236 e. The Bertz CT molecular complexity index is 190. The molecule has 1 saturated carbocycles. The Labute approximate surface area is 73.2 Å². The molecule has 0 saturated heterocycles. The van der Waals surface area contributed by atoms with Gasteiger partial charge in [-0.3, -0.25) is 0 Å². The molecule has 0 N–H and O–H groups in total. The first-order valence-corrected chi connectivity index (χ1v) is 5.87. The average molecular weight is 226 g/mol. The van der Waals surface area contributed by atoms with Crippen molar-refractivity contribution in [1.29, 1.82) is 0 Å². The van der Waals surface area contributed by atoms with Crippen LogP contribution in [0.2, 0.25) is 0 Å². The Morgan fingerprint density at radius 1 is 0.846 bits per heavy atom. The van der Waals surface area contributed by atoms with Gasteiger partial charge in [0.2, 0.25) is 0 Å². The summed E-state index contributed by atoms with van der Waals surface area (Å²) in [5.74, 6) is 0. The van der Waals surface area contributed by atoms with Crippen LogP contribution in [-0.2, 0) is 4.18 Å². The van der Waals surface area contributed by atoms with Crippen molar-refractivity contribution in [2.45, 2.75) is 38.2 Å². The van der Waals surface area contributed by atoms with Crippen LogP contribution in [0.5, 0.6) is 0 Å². The van der Waals surface area contributed by atoms with E-state index < -0.39 is 16.6 Å². The predicted octanol–water partition coefficient (Wildman–Crippen LogP) is 4.55. The Morgan fingerprint density at radius 3 is 1.69 bits per heavy atom. The Hall–Kier alpha value is -0.0400. The van der Waals surface area contributed by atoms with Crippen molar-refractivity contribution in [3.63, 3.8) is 0 Å². The fourth-order valence-corrected chi connectivity index (χ4v) is 2.13. The van der Waals surface area contributed by atoms with Crippen LogP contribution in [0.15, 0.2) is 0 Å². The minimum atomic E-state index is -9.63. The highest BCUT2D eigenvalue weighted by Gasteiger charge is 2.66. The van der Waals surface area contributed by atoms with E-state index in [1.54, 1.807) is 0 Å². The molecule has 1 aliphatic rings. The van der Waals surface area contributed by atoms with E-state index in [2.05, 4.69) is 4.18 Å². The molecule has 0 radical (unpaired) electrons. The average Bonchev–Trinajstić information content (AvgIpc) is 1.82. The van der Waals surface area contributed by atoms with Crippen LogP contribution in [0.4, 0.5) is 19.4 Å². The third-order valence-corrected chi connectivity index (χ3v) is 2.51. The molecule has 0 aromatic heterocycles. The van der Waals surface area contributed by atoms with Gasteiger partial charge in [0.1, 0.15) is 0 Å². The molecule has 0 amide bonds. The highest BCUT2D eigenvalue weighted by Crippen LogP contribution is 2.99. The van der Waals surface area contributed by atoms with Crippen molar-refractivity contribution in [2.75, 3.05) is 0 Å². The van der Waals surface area contributed by atoms with Crippen molar-refractivity contribution in [1.82, 2.24) is 0 Å². The van der Waals surface area contributed by atoms with E-state index in [-0.39, 0.29) is 12.8 Å². The normalized spacial score (nSPS) is 26.5. The van der Waals surface area contributed by atoms with E-state index in [9.17, 15) is 19.4 Å². The summed E-state index contributed by atoms with van der Waals surface area (Å²) in [4.78, 5) is 0. The van der Waals surface area contributed by atoms with Crippen LogP contribution in [-0.4, -0.2) is 6.10 Å². The van der Waals surface area contributed by atoms with Gasteiger partial charge in [0, 0.05) is 0 Å². The third-order valence-electron chi connectivity index (χ3n) is 1.87. The lowest BCUT2D eigenvalue weighted by Crippen LogP contribution is -2.23. The molecule has 1 aliphatic carbocycles. The number of halogens is 5. The summed E-state index contributed by atoms with van der Waals surface area (Å²) in [6.07, 6.45) is 0.652. The first-order valence-electron chi connectivity index (χ1n) is 3.99. The zero-order chi connectivity index (χ0) is 10.2. The molecule has 1 rings (SSSR count). The quantitative estimate of drug-likeness (QED) is 0.627. The summed E-state index contributed by atoms with van der Waals surface area (Å²) in [5, 5.41) is 0. The SMILES string of the molecule is FS(F)(F)(F)(F)OC1CCCCC1. The molecule has 0 unspecified atom stereocenters. The summed E-state index contributed by atoms with van der Waals surface area (Å²) in [5.41, 5.74) is 0. The van der Waals surface area contributed by atoms with E-state index in [1.807, 2.05) is 0 Å². The number of hydrogen-bond acceptors (Lipinski definition) is 1. The van der Waals surface area contributed by atoms with Crippen molar-refractivity contribution in [2.24, 2.45) is 0 Å². The molecular weight excluding hydrogens is 215 g/mol. The maximum atomic E-state index is 11.8. The van der Waals surface area contributed by atoms with Gasteiger partial charge in [-0.25, -0.2) is 4.18 Å². The van der Waals surface area contributed by atoms with Gasteiger partial charge in [0.15, 0.2) is 0 Å². The standard InChI is InChI=1S/C6H11F5OS/c7-13(8,9,10,11)12-6-4-2-1-3-5-6/h6H,1-5H2. The maximum Gasteiger partial charge on any atom is 0.397 e. The molecule has 7 heteroatoms. The lowest BCUT2D eigenvalue weighted by Gasteiger charge is -2.42. The topological polar surface area (TPSA) is 9.23 Å². The van der Waals surface area contributed by atoms with Gasteiger partial charge in [0.25, 0.3) is 0 Å². The highest BCUT2D eigenvalue weighted by molar-refractivity contribution is 8.42. The molecule has 1 nitrogen and oxygen atoms in total. The van der Waals surface area contributed by atoms with Crippen LogP contribution in [0.25, 0.3) is 0 Å². The second-order valence-corrected chi connectivity index (χ2v) is 5.24. The summed E-state index contributed by atoms with van der Waals surface area (Å²) < 4.78 is 61.9. The molecule has 1 fully saturated rings. The first-order chi connectivity index (χ1) is 5.55. The van der Waals surface area contributed by atoms with Gasteiger partial charge in [-0.05, 0) is 12.8 Å². The second-order valence-electron chi connectivity index (χ2n) is 3.25. The largest absolute Gasteiger partial charge is 0.397 e. The molecular formula is C6H11F5OS. The molecule has 0 bridgehead atoms. The van der Waals surface area contributed by atoms with Gasteiger partial charge in [-0.1, -0.05) is 38.7 Å². The first kappa shape index (κ1) is 11.0. The zero-order valence-electron chi connectivity index (χ0n) is 6.82. The van der Waals surface area contributed by atoms with Crippen LogP contribution in [0, 0.1) is 0 Å². The fourth-order valence-electron chi connectivity index (χ4n) is 1.42. The highest BCUT2D eigenvalue weighted by atomic mass is 32.5. The monoisotopic (exact) mass is 226 g/mol. The molecule has 0 aromatic carbocycles. The second kappa shape index (κ2) is 2.50. The summed E-state index contributed by atoms with van der Waals surface area (Å²) in [6, 6.07) is 0. The minimum absolute atomic E-state index is 0.0750. The summed E-state index contributed by atoms with van der Waals surface area (Å²) >= 11 is 0. The van der Waals surface area contributed by atoms with Gasteiger partial charge in [0.05, 0.1) is 6.10 Å². The molecule has 0 heterocycles. The maximum absolute atomic E-state index is 11.8. The minimum Gasteiger partial charge on any atom is -0.236 e. The molecule has 0 aliphatic heterocycles. The molecule has 0 aromatic rings. The van der Waals surface area contributed by atoms with Gasteiger partial charge < -0.3 is 0 Å². The fraction of sp³-hybridized carbons (Fsp3) is 1.00. The molecule has 13 heavy (non-hydrogen) atoms. The number of hydrogen-bond donors (Lipinski definition) is 0. The van der Waals surface area contributed by atoms with Crippen molar-refractivity contribution in [3.05, 3.63) is 0 Å². The number of rotatable bonds is 2. The predicted molar refractivity (Wildman–Crippen MR) is 41.1 cm³/mol. The van der Waals surface area contributed by atoms with Gasteiger partial charge in [-0.15, -0.1) is 0 Å². The summed E-state index contributed by atoms with van der Waals surface area (Å²) in [6.45, 7) is 0. The van der Waals surface area contributed by atoms with Crippen LogP contribution >= 0.6 is 10.5 Å².